The van der Waals surface area contributed by atoms with Crippen molar-refractivity contribution < 1.29 is 9.18 Å². The van der Waals surface area contributed by atoms with E-state index in [0.29, 0.717) is 23.2 Å². The molecule has 0 spiro atoms. The first-order valence-electron chi connectivity index (χ1n) is 7.92. The van der Waals surface area contributed by atoms with E-state index in [-0.39, 0.29) is 17.3 Å². The molecule has 122 valence electrons. The lowest BCUT2D eigenvalue weighted by atomic mass is 9.94. The first-order chi connectivity index (χ1) is 12.2. The second-order valence-electron chi connectivity index (χ2n) is 5.71. The Bertz CT molecular complexity index is 1010. The summed E-state index contributed by atoms with van der Waals surface area (Å²) in [5.74, 6) is 5.44. The molecule has 1 N–H and O–H groups in total. The van der Waals surface area contributed by atoms with Crippen molar-refractivity contribution >= 4 is 5.78 Å². The summed E-state index contributed by atoms with van der Waals surface area (Å²) in [5.41, 5.74) is 2.76. The first kappa shape index (κ1) is 15.2. The van der Waals surface area contributed by atoms with E-state index in [1.54, 1.807) is 36.7 Å². The van der Waals surface area contributed by atoms with E-state index in [9.17, 15) is 9.18 Å². The van der Waals surface area contributed by atoms with Gasteiger partial charge in [0.2, 0.25) is 5.95 Å². The Morgan fingerprint density at radius 1 is 1.12 bits per heavy atom. The van der Waals surface area contributed by atoms with Crippen LogP contribution in [0.3, 0.4) is 0 Å². The molecular weight excluding hydrogens is 319 g/mol. The molecule has 0 bridgehead atoms. The number of ketones is 1. The summed E-state index contributed by atoms with van der Waals surface area (Å²) in [5, 5.41) is 0. The fraction of sp³-hybridized carbons (Fsp3) is 0.158. The average Bonchev–Trinajstić information content (AvgIpc) is 3.02. The van der Waals surface area contributed by atoms with Crippen LogP contribution in [0.5, 0.6) is 0 Å². The molecule has 0 aliphatic heterocycles. The van der Waals surface area contributed by atoms with Gasteiger partial charge in [-0.25, -0.2) is 9.97 Å². The van der Waals surface area contributed by atoms with E-state index in [0.717, 1.165) is 18.5 Å². The van der Waals surface area contributed by atoms with Crippen molar-refractivity contribution in [3.63, 3.8) is 0 Å². The van der Waals surface area contributed by atoms with E-state index in [1.807, 2.05) is 0 Å². The Hall–Kier alpha value is -3.33. The van der Waals surface area contributed by atoms with E-state index in [2.05, 4.69) is 31.8 Å². The molecule has 0 unspecified atom stereocenters. The zero-order valence-electron chi connectivity index (χ0n) is 13.2. The fourth-order valence-corrected chi connectivity index (χ4v) is 2.80. The van der Waals surface area contributed by atoms with E-state index in [4.69, 9.17) is 0 Å². The zero-order chi connectivity index (χ0) is 17.2. The van der Waals surface area contributed by atoms with Crippen LogP contribution in [0.1, 0.15) is 40.4 Å². The second-order valence-corrected chi connectivity index (χ2v) is 5.71. The van der Waals surface area contributed by atoms with Gasteiger partial charge in [-0.1, -0.05) is 0 Å². The number of aromatic nitrogens is 4. The van der Waals surface area contributed by atoms with Crippen molar-refractivity contribution in [3.8, 4) is 23.1 Å². The Labute approximate surface area is 143 Å². The van der Waals surface area contributed by atoms with Gasteiger partial charge in [-0.15, -0.1) is 0 Å². The molecule has 4 rings (SSSR count). The van der Waals surface area contributed by atoms with Crippen LogP contribution in [0.25, 0.3) is 11.3 Å². The zero-order valence-corrected chi connectivity index (χ0v) is 13.2. The molecule has 6 heteroatoms. The summed E-state index contributed by atoms with van der Waals surface area (Å²) in [6.45, 7) is 0. The number of hydrogen-bond donors (Lipinski definition) is 1. The van der Waals surface area contributed by atoms with Gasteiger partial charge in [0.1, 0.15) is 11.4 Å². The Morgan fingerprint density at radius 2 is 2.04 bits per heavy atom. The second kappa shape index (κ2) is 6.29. The molecule has 3 aromatic heterocycles. The largest absolute Gasteiger partial charge is 0.308 e. The van der Waals surface area contributed by atoms with Crippen molar-refractivity contribution in [2.24, 2.45) is 0 Å². The predicted octanol–water partition coefficient (Wildman–Crippen LogP) is 2.92. The van der Waals surface area contributed by atoms with Gasteiger partial charge in [-0.2, -0.15) is 4.39 Å². The number of imidazole rings is 1. The van der Waals surface area contributed by atoms with Crippen LogP contribution in [0, 0.1) is 17.8 Å². The lowest BCUT2D eigenvalue weighted by Crippen LogP contribution is -2.12. The lowest BCUT2D eigenvalue weighted by molar-refractivity contribution is 0.0971. The van der Waals surface area contributed by atoms with Gasteiger partial charge in [0, 0.05) is 29.9 Å². The highest BCUT2D eigenvalue weighted by atomic mass is 19.1. The predicted molar refractivity (Wildman–Crippen MR) is 89.3 cm³/mol. The smallest absolute Gasteiger partial charge is 0.219 e. The molecule has 5 nitrogen and oxygen atoms in total. The van der Waals surface area contributed by atoms with E-state index in [1.165, 1.54) is 0 Å². The molecule has 3 heterocycles. The first-order valence-corrected chi connectivity index (χ1v) is 7.92. The maximum atomic E-state index is 14.0. The van der Waals surface area contributed by atoms with Crippen molar-refractivity contribution in [3.05, 3.63) is 65.4 Å². The van der Waals surface area contributed by atoms with E-state index >= 15 is 0 Å². The molecule has 25 heavy (non-hydrogen) atoms. The van der Waals surface area contributed by atoms with Gasteiger partial charge in [-0.3, -0.25) is 9.78 Å². The van der Waals surface area contributed by atoms with Crippen LogP contribution in [0.15, 0.2) is 36.7 Å². The Kier molecular flexibility index (Phi) is 3.82. The minimum atomic E-state index is -0.554. The molecule has 3 aromatic rings. The van der Waals surface area contributed by atoms with Gasteiger partial charge in [0.25, 0.3) is 0 Å². The van der Waals surface area contributed by atoms with Crippen molar-refractivity contribution in [1.29, 1.82) is 0 Å². The van der Waals surface area contributed by atoms with Gasteiger partial charge >= 0.3 is 0 Å². The van der Waals surface area contributed by atoms with Gasteiger partial charge in [0.05, 0.1) is 5.69 Å². The third-order valence-electron chi connectivity index (χ3n) is 4.00. The number of fused-ring (bicyclic) bond motifs is 1. The van der Waals surface area contributed by atoms with Crippen LogP contribution in [-0.4, -0.2) is 25.7 Å². The highest BCUT2D eigenvalue weighted by Crippen LogP contribution is 2.20. The minimum Gasteiger partial charge on any atom is -0.308 e. The molecule has 0 aromatic carbocycles. The number of nitrogens with one attached hydrogen (secondary N) is 1. The summed E-state index contributed by atoms with van der Waals surface area (Å²) in [7, 11) is 0. The lowest BCUT2D eigenvalue weighted by Gasteiger charge is -2.12. The summed E-state index contributed by atoms with van der Waals surface area (Å²) in [6, 6.07) is 6.91. The van der Waals surface area contributed by atoms with Crippen LogP contribution in [-0.2, 0) is 6.42 Å². The highest BCUT2D eigenvalue weighted by Gasteiger charge is 2.18. The number of H-pyrrole nitrogens is 1. The molecule has 1 aliphatic carbocycles. The number of pyridine rings is 2. The SMILES string of the molecule is O=C1CCCc2nc(C#Cc3nc(-c4cccnc4)c(F)[nH]3)ccc21. The van der Waals surface area contributed by atoms with Crippen molar-refractivity contribution in [2.75, 3.05) is 0 Å². The van der Waals surface area contributed by atoms with Crippen LogP contribution in [0.4, 0.5) is 4.39 Å². The standard InChI is InChI=1S/C19H13FN4O/c20-19-18(12-3-2-10-21-11-12)23-17(24-19)9-7-13-6-8-14-15(22-13)4-1-5-16(14)25/h2-3,6,8,10-11H,1,4-5H2,(H,23,24). The number of nitrogens with zero attached hydrogens (tertiary/aromatic N) is 3. The molecule has 0 saturated carbocycles. The monoisotopic (exact) mass is 332 g/mol. The third-order valence-corrected chi connectivity index (χ3v) is 4.00. The van der Waals surface area contributed by atoms with Crippen LogP contribution < -0.4 is 0 Å². The molecule has 0 saturated heterocycles. The normalized spacial score (nSPS) is 13.1. The molecule has 0 radical (unpaired) electrons. The molecule has 0 fully saturated rings. The molecule has 0 amide bonds. The molecule has 0 atom stereocenters. The number of aryl methyl sites for hydroxylation is 1. The number of carbonyl (C=O) groups excluding carboxylic acids is 1. The van der Waals surface area contributed by atoms with Crippen molar-refractivity contribution in [2.45, 2.75) is 19.3 Å². The highest BCUT2D eigenvalue weighted by molar-refractivity contribution is 5.98. The van der Waals surface area contributed by atoms with Gasteiger partial charge in [0.15, 0.2) is 11.6 Å². The Balaban J connectivity index is 1.63. The van der Waals surface area contributed by atoms with Gasteiger partial charge < -0.3 is 4.98 Å². The average molecular weight is 332 g/mol. The topological polar surface area (TPSA) is 71.5 Å². The summed E-state index contributed by atoms with van der Waals surface area (Å²) >= 11 is 0. The maximum Gasteiger partial charge on any atom is 0.219 e. The summed E-state index contributed by atoms with van der Waals surface area (Å²) < 4.78 is 14.0. The number of aromatic amines is 1. The maximum absolute atomic E-state index is 14.0. The summed E-state index contributed by atoms with van der Waals surface area (Å²) in [4.78, 5) is 26.9. The van der Waals surface area contributed by atoms with Crippen LogP contribution in [0.2, 0.25) is 0 Å². The summed E-state index contributed by atoms with van der Waals surface area (Å²) in [6.07, 6.45) is 5.31. The number of carbonyl (C=O) groups is 1. The Morgan fingerprint density at radius 3 is 2.88 bits per heavy atom. The molecular formula is C19H13FN4O. The quantitative estimate of drug-likeness (QED) is 0.696. The van der Waals surface area contributed by atoms with E-state index < -0.39 is 5.95 Å². The van der Waals surface area contributed by atoms with Crippen LogP contribution >= 0.6 is 0 Å². The number of halogens is 1. The number of hydrogen-bond acceptors (Lipinski definition) is 4. The fourth-order valence-electron chi connectivity index (χ4n) is 2.80. The number of rotatable bonds is 1. The third kappa shape index (κ3) is 3.04. The van der Waals surface area contributed by atoms with Gasteiger partial charge in [-0.05, 0) is 48.9 Å². The molecule has 1 aliphatic rings. The minimum absolute atomic E-state index is 0.127. The van der Waals surface area contributed by atoms with Crippen molar-refractivity contribution in [1.82, 2.24) is 19.9 Å². The number of Topliss-reactive ketones (excluding diaryl/α,β-unsaturated/α-hetero) is 1.